The summed E-state index contributed by atoms with van der Waals surface area (Å²) < 4.78 is 8.14. The van der Waals surface area contributed by atoms with Crippen LogP contribution in [-0.4, -0.2) is 44.4 Å². The van der Waals surface area contributed by atoms with Gasteiger partial charge in [0.15, 0.2) is 5.16 Å². The number of rotatable bonds is 9. The van der Waals surface area contributed by atoms with E-state index in [1.165, 1.54) is 9.75 Å². The highest BCUT2D eigenvalue weighted by Gasteiger charge is 2.22. The minimum Gasteiger partial charge on any atom is -0.376 e. The quantitative estimate of drug-likeness (QED) is 0.477. The number of aryl methyl sites for hydroxylation is 1. The summed E-state index contributed by atoms with van der Waals surface area (Å²) in [6.07, 6.45) is 4.33. The van der Waals surface area contributed by atoms with Crippen LogP contribution in [0.15, 0.2) is 41.7 Å². The molecule has 1 atom stereocenters. The van der Waals surface area contributed by atoms with E-state index in [0.717, 1.165) is 61.5 Å². The average molecular weight is 430 g/mol. The third-order valence-corrected chi connectivity index (χ3v) is 6.90. The number of aromatic nitrogens is 4. The zero-order chi connectivity index (χ0) is 20.1. The molecule has 0 bridgehead atoms. The van der Waals surface area contributed by atoms with Crippen LogP contribution in [0, 0.1) is 6.92 Å². The Morgan fingerprint density at radius 3 is 2.90 bits per heavy atom. The number of hydrogen-bond acceptors (Lipinski definition) is 7. The van der Waals surface area contributed by atoms with E-state index in [2.05, 4.69) is 50.8 Å². The summed E-state index contributed by atoms with van der Waals surface area (Å²) >= 11 is 3.55. The third-order valence-electron chi connectivity index (χ3n) is 4.91. The minimum absolute atomic E-state index is 0.254. The highest BCUT2D eigenvalue weighted by molar-refractivity contribution is 7.98. The predicted octanol–water partition coefficient (Wildman–Crippen LogP) is 4.15. The summed E-state index contributed by atoms with van der Waals surface area (Å²) in [5, 5.41) is 9.99. The molecule has 0 radical (unpaired) electrons. The highest BCUT2D eigenvalue weighted by Crippen LogP contribution is 2.25. The van der Waals surface area contributed by atoms with Gasteiger partial charge in [-0.3, -0.25) is 9.88 Å². The Morgan fingerprint density at radius 2 is 2.17 bits per heavy atom. The molecule has 0 spiro atoms. The first-order chi connectivity index (χ1) is 14.2. The van der Waals surface area contributed by atoms with E-state index >= 15 is 0 Å². The zero-order valence-corrected chi connectivity index (χ0v) is 18.6. The molecule has 1 saturated heterocycles. The number of thiophene rings is 1. The summed E-state index contributed by atoms with van der Waals surface area (Å²) in [7, 11) is 2.14. The van der Waals surface area contributed by atoms with Crippen molar-refractivity contribution in [3.8, 4) is 0 Å². The molecule has 1 unspecified atom stereocenters. The first-order valence-electron chi connectivity index (χ1n) is 9.97. The smallest absolute Gasteiger partial charge is 0.191 e. The summed E-state index contributed by atoms with van der Waals surface area (Å²) in [4.78, 5) is 9.45. The van der Waals surface area contributed by atoms with E-state index in [4.69, 9.17) is 4.74 Å². The standard InChI is InChI=1S/C21H27N5OS2/c1-16-8-9-19(29-16)13-25(2)14-20-23-24-21(26(20)12-18-7-5-11-27-18)28-15-17-6-3-4-10-22-17/h3-4,6,8-10,18H,5,7,11-15H2,1-2H3. The molecule has 0 amide bonds. The Balaban J connectivity index is 1.46. The molecular weight excluding hydrogens is 402 g/mol. The number of hydrogen-bond donors (Lipinski definition) is 0. The molecule has 3 aromatic heterocycles. The minimum atomic E-state index is 0.254. The Labute approximate surface area is 180 Å². The van der Waals surface area contributed by atoms with Crippen molar-refractivity contribution in [2.45, 2.75) is 56.4 Å². The second kappa shape index (κ2) is 9.84. The van der Waals surface area contributed by atoms with Crippen LogP contribution in [0.3, 0.4) is 0 Å². The molecular formula is C21H27N5OS2. The fraction of sp³-hybridized carbons (Fsp3) is 0.476. The van der Waals surface area contributed by atoms with E-state index < -0.39 is 0 Å². The molecule has 4 heterocycles. The van der Waals surface area contributed by atoms with Crippen LogP contribution in [-0.2, 0) is 30.1 Å². The fourth-order valence-electron chi connectivity index (χ4n) is 3.47. The molecule has 4 rings (SSSR count). The van der Waals surface area contributed by atoms with Crippen molar-refractivity contribution in [2.24, 2.45) is 0 Å². The van der Waals surface area contributed by atoms with Crippen molar-refractivity contribution in [3.63, 3.8) is 0 Å². The van der Waals surface area contributed by atoms with Crippen LogP contribution >= 0.6 is 23.1 Å². The van der Waals surface area contributed by atoms with Gasteiger partial charge >= 0.3 is 0 Å². The molecule has 154 valence electrons. The number of ether oxygens (including phenoxy) is 1. The fourth-order valence-corrected chi connectivity index (χ4v) is 5.33. The first kappa shape index (κ1) is 20.5. The second-order valence-electron chi connectivity index (χ2n) is 7.44. The zero-order valence-electron chi connectivity index (χ0n) is 17.0. The van der Waals surface area contributed by atoms with Gasteiger partial charge in [0.2, 0.25) is 0 Å². The maximum Gasteiger partial charge on any atom is 0.191 e. The lowest BCUT2D eigenvalue weighted by molar-refractivity contribution is 0.0934. The summed E-state index contributed by atoms with van der Waals surface area (Å²) in [5.74, 6) is 1.79. The molecule has 29 heavy (non-hydrogen) atoms. The maximum absolute atomic E-state index is 5.89. The largest absolute Gasteiger partial charge is 0.376 e. The van der Waals surface area contributed by atoms with Gasteiger partial charge < -0.3 is 9.30 Å². The lowest BCUT2D eigenvalue weighted by Crippen LogP contribution is -2.23. The van der Waals surface area contributed by atoms with E-state index in [1.807, 2.05) is 35.7 Å². The normalized spacial score (nSPS) is 16.7. The van der Waals surface area contributed by atoms with Crippen molar-refractivity contribution in [2.75, 3.05) is 13.7 Å². The Hall–Kier alpha value is -1.74. The Morgan fingerprint density at radius 1 is 1.24 bits per heavy atom. The van der Waals surface area contributed by atoms with Crippen LogP contribution in [0.2, 0.25) is 0 Å². The summed E-state index contributed by atoms with van der Waals surface area (Å²) in [5.41, 5.74) is 1.05. The van der Waals surface area contributed by atoms with Gasteiger partial charge in [0, 0.05) is 34.9 Å². The first-order valence-corrected chi connectivity index (χ1v) is 11.8. The second-order valence-corrected chi connectivity index (χ2v) is 9.75. The van der Waals surface area contributed by atoms with Crippen molar-refractivity contribution >= 4 is 23.1 Å². The summed E-state index contributed by atoms with van der Waals surface area (Å²) in [6.45, 7) is 5.51. The molecule has 0 aromatic carbocycles. The topological polar surface area (TPSA) is 56.1 Å². The maximum atomic E-state index is 5.89. The average Bonchev–Trinajstić information content (AvgIpc) is 3.45. The molecule has 0 saturated carbocycles. The van der Waals surface area contributed by atoms with E-state index in [9.17, 15) is 0 Å². The highest BCUT2D eigenvalue weighted by atomic mass is 32.2. The molecule has 1 aliphatic rings. The molecule has 6 nitrogen and oxygen atoms in total. The van der Waals surface area contributed by atoms with E-state index in [0.29, 0.717) is 0 Å². The van der Waals surface area contributed by atoms with E-state index in [-0.39, 0.29) is 6.10 Å². The molecule has 0 aliphatic carbocycles. The van der Waals surface area contributed by atoms with Gasteiger partial charge in [-0.15, -0.1) is 21.5 Å². The van der Waals surface area contributed by atoms with Crippen LogP contribution < -0.4 is 0 Å². The molecule has 8 heteroatoms. The van der Waals surface area contributed by atoms with Gasteiger partial charge in [0.25, 0.3) is 0 Å². The van der Waals surface area contributed by atoms with Gasteiger partial charge in [-0.1, -0.05) is 17.8 Å². The third kappa shape index (κ3) is 5.66. The predicted molar refractivity (Wildman–Crippen MR) is 117 cm³/mol. The Bertz CT molecular complexity index is 905. The van der Waals surface area contributed by atoms with Gasteiger partial charge in [-0.05, 0) is 51.1 Å². The lowest BCUT2D eigenvalue weighted by Gasteiger charge is -2.18. The van der Waals surface area contributed by atoms with Gasteiger partial charge in [-0.25, -0.2) is 0 Å². The van der Waals surface area contributed by atoms with Crippen LogP contribution in [0.1, 0.15) is 34.1 Å². The molecule has 1 fully saturated rings. The van der Waals surface area contributed by atoms with Crippen molar-refractivity contribution < 1.29 is 4.74 Å². The van der Waals surface area contributed by atoms with Crippen LogP contribution in [0.5, 0.6) is 0 Å². The summed E-state index contributed by atoms with van der Waals surface area (Å²) in [6, 6.07) is 10.4. The number of pyridine rings is 1. The Kier molecular flexibility index (Phi) is 6.97. The van der Waals surface area contributed by atoms with Gasteiger partial charge in [0.1, 0.15) is 5.82 Å². The van der Waals surface area contributed by atoms with Crippen molar-refractivity contribution in [3.05, 3.63) is 57.8 Å². The van der Waals surface area contributed by atoms with E-state index in [1.54, 1.807) is 11.8 Å². The molecule has 1 aliphatic heterocycles. The van der Waals surface area contributed by atoms with Crippen LogP contribution in [0.25, 0.3) is 0 Å². The van der Waals surface area contributed by atoms with Crippen molar-refractivity contribution in [1.29, 1.82) is 0 Å². The van der Waals surface area contributed by atoms with Crippen molar-refractivity contribution in [1.82, 2.24) is 24.6 Å². The van der Waals surface area contributed by atoms with Gasteiger partial charge in [-0.2, -0.15) is 0 Å². The molecule has 0 N–H and O–H groups in total. The molecule has 3 aromatic rings. The van der Waals surface area contributed by atoms with Gasteiger partial charge in [0.05, 0.1) is 24.9 Å². The monoisotopic (exact) mass is 429 g/mol. The SMILES string of the molecule is Cc1ccc(CN(C)Cc2nnc(SCc3ccccn3)n2CC2CCCO2)s1. The van der Waals surface area contributed by atoms with Crippen LogP contribution in [0.4, 0.5) is 0 Å². The number of thioether (sulfide) groups is 1. The lowest BCUT2D eigenvalue weighted by atomic mass is 10.2. The number of nitrogens with zero attached hydrogens (tertiary/aromatic N) is 5.